The van der Waals surface area contributed by atoms with E-state index in [0.29, 0.717) is 19.3 Å². The molecule has 382 valence electrons. The molecular formula is C60H106O6. The van der Waals surface area contributed by atoms with E-state index >= 15 is 0 Å². The van der Waals surface area contributed by atoms with Crippen molar-refractivity contribution in [1.82, 2.24) is 0 Å². The Kier molecular flexibility index (Phi) is 52.3. The molecule has 0 fully saturated rings. The average Bonchev–Trinajstić information content (AvgIpc) is 3.31. The van der Waals surface area contributed by atoms with E-state index in [1.165, 1.54) is 141 Å². The number of hydrogen-bond acceptors (Lipinski definition) is 6. The lowest BCUT2D eigenvalue weighted by Crippen LogP contribution is -2.30. The van der Waals surface area contributed by atoms with E-state index in [2.05, 4.69) is 81.5 Å². The van der Waals surface area contributed by atoms with Gasteiger partial charge >= 0.3 is 17.9 Å². The van der Waals surface area contributed by atoms with Crippen LogP contribution in [0.4, 0.5) is 0 Å². The predicted molar refractivity (Wildman–Crippen MR) is 284 cm³/mol. The first-order valence-corrected chi connectivity index (χ1v) is 28.3. The molecule has 0 saturated carbocycles. The molecule has 0 aromatic carbocycles. The third kappa shape index (κ3) is 52.1. The van der Waals surface area contributed by atoms with E-state index < -0.39 is 6.10 Å². The van der Waals surface area contributed by atoms with E-state index in [1.807, 2.05) is 0 Å². The van der Waals surface area contributed by atoms with Crippen LogP contribution >= 0.6 is 0 Å². The van der Waals surface area contributed by atoms with Crippen LogP contribution < -0.4 is 0 Å². The number of rotatable bonds is 51. The van der Waals surface area contributed by atoms with Crippen LogP contribution in [0.5, 0.6) is 0 Å². The van der Waals surface area contributed by atoms with Crippen LogP contribution in [-0.2, 0) is 28.6 Å². The second-order valence-corrected chi connectivity index (χ2v) is 18.8. The summed E-state index contributed by atoms with van der Waals surface area (Å²) >= 11 is 0. The van der Waals surface area contributed by atoms with E-state index in [-0.39, 0.29) is 31.1 Å². The SMILES string of the molecule is CCCC/C=C\C/C=C\CCCCCCCC(=O)OC[C@H](COC(=O)CCCCCCCCCCC/C=C\CCCCCCCC)OC(=O)CCCCCCC/C=C\C/C=C\CCCCC. The topological polar surface area (TPSA) is 78.9 Å². The maximum absolute atomic E-state index is 12.8. The van der Waals surface area contributed by atoms with Crippen molar-refractivity contribution < 1.29 is 28.6 Å². The first kappa shape index (κ1) is 63.1. The third-order valence-electron chi connectivity index (χ3n) is 12.2. The molecule has 0 unspecified atom stereocenters. The molecule has 0 radical (unpaired) electrons. The maximum atomic E-state index is 12.8. The van der Waals surface area contributed by atoms with Gasteiger partial charge in [0, 0.05) is 19.3 Å². The number of carbonyl (C=O) groups is 3. The molecule has 0 rings (SSSR count). The molecule has 66 heavy (non-hydrogen) atoms. The Hall–Kier alpha value is -2.89. The van der Waals surface area contributed by atoms with Crippen molar-refractivity contribution >= 4 is 17.9 Å². The molecule has 1 atom stereocenters. The highest BCUT2D eigenvalue weighted by Crippen LogP contribution is 2.15. The van der Waals surface area contributed by atoms with Crippen LogP contribution in [0.3, 0.4) is 0 Å². The molecule has 0 amide bonds. The highest BCUT2D eigenvalue weighted by molar-refractivity contribution is 5.71. The van der Waals surface area contributed by atoms with Crippen molar-refractivity contribution in [2.75, 3.05) is 13.2 Å². The minimum Gasteiger partial charge on any atom is -0.462 e. The highest BCUT2D eigenvalue weighted by Gasteiger charge is 2.19. The minimum absolute atomic E-state index is 0.0848. The van der Waals surface area contributed by atoms with E-state index in [9.17, 15) is 14.4 Å². The van der Waals surface area contributed by atoms with Crippen LogP contribution in [0.1, 0.15) is 284 Å². The Morgan fingerprint density at radius 3 is 0.924 bits per heavy atom. The molecule has 0 saturated heterocycles. The Bertz CT molecular complexity index is 1200. The summed E-state index contributed by atoms with van der Waals surface area (Å²) in [7, 11) is 0. The zero-order chi connectivity index (χ0) is 47.9. The van der Waals surface area contributed by atoms with Crippen molar-refractivity contribution in [2.45, 2.75) is 290 Å². The summed E-state index contributed by atoms with van der Waals surface area (Å²) in [5.74, 6) is -0.907. The first-order chi connectivity index (χ1) is 32.5. The minimum atomic E-state index is -0.788. The highest BCUT2D eigenvalue weighted by atomic mass is 16.6. The maximum Gasteiger partial charge on any atom is 0.306 e. The monoisotopic (exact) mass is 923 g/mol. The van der Waals surface area contributed by atoms with Gasteiger partial charge in [-0.15, -0.1) is 0 Å². The fourth-order valence-electron chi connectivity index (χ4n) is 7.90. The Balaban J connectivity index is 4.38. The van der Waals surface area contributed by atoms with Crippen LogP contribution in [0, 0.1) is 0 Å². The molecule has 6 nitrogen and oxygen atoms in total. The zero-order valence-electron chi connectivity index (χ0n) is 43.7. The van der Waals surface area contributed by atoms with E-state index in [1.54, 1.807) is 0 Å². The standard InChI is InChI=1S/C60H106O6/c1-4-7-10-13-16-19-22-25-28-29-30-31-33-35-38-41-44-47-50-53-59(62)65-56-57(55-64-58(61)52-49-46-43-40-37-34-27-24-21-18-15-12-9-6-3)66-60(63)54-51-48-45-42-39-36-32-26-23-20-17-14-11-8-5-2/h15,17-18,20,24-28,32,57H,4-14,16,19,21-23,29-31,33-56H2,1-3H3/b18-15-,20-17-,27-24-,28-25-,32-26-/t57-/m1/s1. The van der Waals surface area contributed by atoms with Crippen molar-refractivity contribution in [1.29, 1.82) is 0 Å². The van der Waals surface area contributed by atoms with Gasteiger partial charge in [-0.3, -0.25) is 14.4 Å². The first-order valence-electron chi connectivity index (χ1n) is 28.3. The van der Waals surface area contributed by atoms with Gasteiger partial charge in [0.15, 0.2) is 6.10 Å². The fourth-order valence-corrected chi connectivity index (χ4v) is 7.90. The molecule has 0 aliphatic carbocycles. The van der Waals surface area contributed by atoms with Crippen molar-refractivity contribution in [3.63, 3.8) is 0 Å². The van der Waals surface area contributed by atoms with Gasteiger partial charge in [-0.25, -0.2) is 0 Å². The molecule has 0 spiro atoms. The lowest BCUT2D eigenvalue weighted by molar-refractivity contribution is -0.167. The Morgan fingerprint density at radius 1 is 0.303 bits per heavy atom. The second-order valence-electron chi connectivity index (χ2n) is 18.8. The van der Waals surface area contributed by atoms with Crippen molar-refractivity contribution in [3.8, 4) is 0 Å². The quantitative estimate of drug-likeness (QED) is 0.0262. The number of unbranched alkanes of at least 4 members (excludes halogenated alkanes) is 30. The third-order valence-corrected chi connectivity index (χ3v) is 12.2. The Morgan fingerprint density at radius 2 is 0.561 bits per heavy atom. The van der Waals surface area contributed by atoms with Crippen LogP contribution in [-0.4, -0.2) is 37.2 Å². The molecule has 6 heteroatoms. The fraction of sp³-hybridized carbons (Fsp3) is 0.783. The van der Waals surface area contributed by atoms with Crippen molar-refractivity contribution in [3.05, 3.63) is 60.8 Å². The van der Waals surface area contributed by atoms with Gasteiger partial charge in [-0.1, -0.05) is 223 Å². The molecule has 0 aliphatic rings. The lowest BCUT2D eigenvalue weighted by Gasteiger charge is -2.18. The van der Waals surface area contributed by atoms with Gasteiger partial charge in [0.1, 0.15) is 13.2 Å². The lowest BCUT2D eigenvalue weighted by atomic mass is 10.1. The molecular weight excluding hydrogens is 817 g/mol. The summed E-state index contributed by atoms with van der Waals surface area (Å²) in [4.78, 5) is 38.1. The number of esters is 3. The van der Waals surface area contributed by atoms with Crippen molar-refractivity contribution in [2.24, 2.45) is 0 Å². The van der Waals surface area contributed by atoms with Gasteiger partial charge in [0.2, 0.25) is 0 Å². The summed E-state index contributed by atoms with van der Waals surface area (Å²) in [6.07, 6.45) is 67.7. The zero-order valence-corrected chi connectivity index (χ0v) is 43.7. The van der Waals surface area contributed by atoms with E-state index in [4.69, 9.17) is 14.2 Å². The largest absolute Gasteiger partial charge is 0.462 e. The summed E-state index contributed by atoms with van der Waals surface area (Å²) in [6.45, 7) is 6.56. The van der Waals surface area contributed by atoms with E-state index in [0.717, 1.165) is 103 Å². The predicted octanol–water partition coefficient (Wildman–Crippen LogP) is 18.8. The molecule has 0 aromatic heterocycles. The summed E-state index contributed by atoms with van der Waals surface area (Å²) < 4.78 is 16.8. The van der Waals surface area contributed by atoms with Crippen LogP contribution in [0.2, 0.25) is 0 Å². The van der Waals surface area contributed by atoms with Gasteiger partial charge < -0.3 is 14.2 Å². The number of hydrogen-bond donors (Lipinski definition) is 0. The normalized spacial score (nSPS) is 12.5. The summed E-state index contributed by atoms with van der Waals surface area (Å²) in [6, 6.07) is 0. The van der Waals surface area contributed by atoms with Gasteiger partial charge in [-0.2, -0.15) is 0 Å². The Labute approximate surface area is 409 Å². The number of ether oxygens (including phenoxy) is 3. The van der Waals surface area contributed by atoms with Crippen LogP contribution in [0.25, 0.3) is 0 Å². The molecule has 0 bridgehead atoms. The number of carbonyl (C=O) groups excluding carboxylic acids is 3. The second kappa shape index (κ2) is 54.7. The van der Waals surface area contributed by atoms with Gasteiger partial charge in [0.25, 0.3) is 0 Å². The number of allylic oxidation sites excluding steroid dienone is 10. The van der Waals surface area contributed by atoms with Crippen LogP contribution in [0.15, 0.2) is 60.8 Å². The summed E-state index contributed by atoms with van der Waals surface area (Å²) in [5, 5.41) is 0. The molecule has 0 aromatic rings. The smallest absolute Gasteiger partial charge is 0.306 e. The molecule has 0 N–H and O–H groups in total. The van der Waals surface area contributed by atoms with Gasteiger partial charge in [-0.05, 0) is 103 Å². The summed E-state index contributed by atoms with van der Waals surface area (Å²) in [5.41, 5.74) is 0. The van der Waals surface area contributed by atoms with Gasteiger partial charge in [0.05, 0.1) is 0 Å². The average molecular weight is 924 g/mol. The molecule has 0 heterocycles. The molecule has 0 aliphatic heterocycles.